The monoisotopic (exact) mass is 766 g/mol. The van der Waals surface area contributed by atoms with Gasteiger partial charge in [0.1, 0.15) is 0 Å². The van der Waals surface area contributed by atoms with Gasteiger partial charge in [0, 0.05) is 0 Å². The molecule has 0 fully saturated rings. The Kier molecular flexibility index (Phi) is 13.5. The molecule has 0 nitrogen and oxygen atoms in total. The van der Waals surface area contributed by atoms with E-state index in [-0.39, 0.29) is 35.6 Å². The van der Waals surface area contributed by atoms with Crippen LogP contribution in [0.25, 0.3) is 32.7 Å². The first kappa shape index (κ1) is 41.2. The zero-order valence-electron chi connectivity index (χ0n) is 31.5. The summed E-state index contributed by atoms with van der Waals surface area (Å²) in [6.45, 7) is 25.1. The fourth-order valence-corrected chi connectivity index (χ4v) is 7.44. The molecule has 3 aliphatic rings. The Morgan fingerprint density at radius 2 is 1.29 bits per heavy atom. The minimum absolute atomic E-state index is 0. The maximum Gasteiger partial charge on any atom is -1.00 e. The summed E-state index contributed by atoms with van der Waals surface area (Å²) < 4.78 is 1.46. The van der Waals surface area contributed by atoms with Crippen molar-refractivity contribution in [1.29, 1.82) is 0 Å². The quantitative estimate of drug-likeness (QED) is 0.193. The molecular formula is C46H54Cl2Zr-2. The summed E-state index contributed by atoms with van der Waals surface area (Å²) in [5.74, 6) is 0.573. The number of benzene rings is 3. The largest absolute Gasteiger partial charge is 1.00 e. The molecule has 258 valence electrons. The van der Waals surface area contributed by atoms with Crippen molar-refractivity contribution in [1.82, 2.24) is 0 Å². The van der Waals surface area contributed by atoms with Crippen LogP contribution in [0.15, 0.2) is 90.5 Å². The van der Waals surface area contributed by atoms with Crippen molar-refractivity contribution in [2.75, 3.05) is 0 Å². The average Bonchev–Trinajstić information content (AvgIpc) is 3.66. The molecule has 1 atom stereocenters. The number of halogens is 2. The first-order chi connectivity index (χ1) is 22.0. The van der Waals surface area contributed by atoms with E-state index in [4.69, 9.17) is 0 Å². The second-order valence-corrected chi connectivity index (χ2v) is 18.1. The summed E-state index contributed by atoms with van der Waals surface area (Å²) in [5.41, 5.74) is 12.3. The minimum Gasteiger partial charge on any atom is -1.00 e. The Bertz CT molecular complexity index is 1840. The number of rotatable bonds is 2. The molecule has 0 heterocycles. The number of hydrogen-bond acceptors (Lipinski definition) is 0. The molecule has 1 unspecified atom stereocenters. The van der Waals surface area contributed by atoms with Crippen molar-refractivity contribution in [3.05, 3.63) is 124 Å². The van der Waals surface area contributed by atoms with Gasteiger partial charge in [0.15, 0.2) is 0 Å². The van der Waals surface area contributed by atoms with Crippen LogP contribution in [0.3, 0.4) is 0 Å². The molecule has 0 spiro atoms. The van der Waals surface area contributed by atoms with Crippen LogP contribution < -0.4 is 24.8 Å². The van der Waals surface area contributed by atoms with Crippen molar-refractivity contribution in [3.63, 3.8) is 0 Å². The van der Waals surface area contributed by atoms with E-state index >= 15 is 0 Å². The second kappa shape index (κ2) is 16.0. The van der Waals surface area contributed by atoms with Crippen molar-refractivity contribution in [2.45, 2.75) is 106 Å². The molecule has 4 aromatic carbocycles. The zero-order chi connectivity index (χ0) is 34.3. The Labute approximate surface area is 324 Å². The summed E-state index contributed by atoms with van der Waals surface area (Å²) in [7, 11) is 0. The Morgan fingerprint density at radius 1 is 0.816 bits per heavy atom. The summed E-state index contributed by atoms with van der Waals surface area (Å²) >= 11 is 1.51. The van der Waals surface area contributed by atoms with Gasteiger partial charge in [-0.3, -0.25) is 6.08 Å². The zero-order valence-corrected chi connectivity index (χ0v) is 35.5. The summed E-state index contributed by atoms with van der Waals surface area (Å²) in [6.07, 6.45) is 16.1. The van der Waals surface area contributed by atoms with Crippen LogP contribution in [0.2, 0.25) is 0 Å². The predicted molar refractivity (Wildman–Crippen MR) is 205 cm³/mol. The Balaban J connectivity index is 0.000000245. The fourth-order valence-electron chi connectivity index (χ4n) is 7.03. The molecule has 49 heavy (non-hydrogen) atoms. The van der Waals surface area contributed by atoms with Gasteiger partial charge in [-0.1, -0.05) is 109 Å². The minimum atomic E-state index is 0. The molecule has 4 aromatic rings. The van der Waals surface area contributed by atoms with Crippen LogP contribution in [-0.4, -0.2) is 3.21 Å². The third-order valence-electron chi connectivity index (χ3n) is 10.5. The molecule has 3 aliphatic carbocycles. The molecule has 0 saturated heterocycles. The summed E-state index contributed by atoms with van der Waals surface area (Å²) in [5, 5.41) is 5.61. The van der Waals surface area contributed by atoms with E-state index < -0.39 is 0 Å². The third-order valence-corrected chi connectivity index (χ3v) is 11.2. The summed E-state index contributed by atoms with van der Waals surface area (Å²) in [4.78, 5) is 0. The van der Waals surface area contributed by atoms with Crippen LogP contribution in [0.5, 0.6) is 0 Å². The molecule has 0 radical (unpaired) electrons. The van der Waals surface area contributed by atoms with Gasteiger partial charge in [-0.2, -0.15) is 11.6 Å². The van der Waals surface area contributed by atoms with Crippen molar-refractivity contribution in [2.24, 2.45) is 11.3 Å². The van der Waals surface area contributed by atoms with Gasteiger partial charge < -0.3 is 24.8 Å². The van der Waals surface area contributed by atoms with E-state index in [1.165, 1.54) is 99.9 Å². The molecule has 0 aromatic heterocycles. The molecule has 0 amide bonds. The number of hydrogen-bond donors (Lipinski definition) is 0. The van der Waals surface area contributed by atoms with Gasteiger partial charge in [0.05, 0.1) is 0 Å². The molecule has 0 N–H and O–H groups in total. The molecule has 7 rings (SSSR count). The van der Waals surface area contributed by atoms with Crippen molar-refractivity contribution >= 4 is 35.9 Å². The van der Waals surface area contributed by atoms with Crippen LogP contribution in [0, 0.1) is 17.4 Å². The van der Waals surface area contributed by atoms with Crippen LogP contribution in [0.1, 0.15) is 123 Å². The molecule has 0 bridgehead atoms. The van der Waals surface area contributed by atoms with E-state index in [0.29, 0.717) is 11.3 Å². The van der Waals surface area contributed by atoms with E-state index in [1.54, 1.807) is 0 Å². The van der Waals surface area contributed by atoms with Gasteiger partial charge in [-0.05, 0) is 59.8 Å². The number of fused-ring (bicyclic) bond motifs is 5. The van der Waals surface area contributed by atoms with Gasteiger partial charge in [-0.25, -0.2) is 6.08 Å². The maximum absolute atomic E-state index is 3.35. The van der Waals surface area contributed by atoms with Gasteiger partial charge in [0.2, 0.25) is 0 Å². The van der Waals surface area contributed by atoms with Gasteiger partial charge in [0.25, 0.3) is 0 Å². The number of allylic oxidation sites excluding steroid dienone is 8. The SMILES string of the molecule is CC1=CCC(C)(C)c2cc3[cH-]c4cc5c(cc4c3cc21)C(C)=CCC5(C)C.CCC1[C-]=CC(C(C)(C)C)=C1.C[C](=[Zr+2])c1ccccc1.[Cl-].[Cl-]. The van der Waals surface area contributed by atoms with E-state index in [0.717, 1.165) is 12.8 Å². The topological polar surface area (TPSA) is 0 Å². The standard InChI is InChI=1S/C27H29.C11H17.C8H8.2ClH.Zr/c1-16-7-9-26(3,4)24-12-18-11-19-13-25-21(17(2)8-10-27(25,5)6)15-23(19)22(18)14-20(16)24;1-5-9-6-7-10(8-9)11(2,3)4;1-2-8-6-4-3-5-7-8;;;/h7-8,11-15H,9-10H2,1-6H3;7-9H,5H2,1-4H3;3-7H,1H3;2*1H;/q2*-1;;;;+2/p-2. The summed E-state index contributed by atoms with van der Waals surface area (Å²) in [6, 6.07) is 22.7. The smallest absolute Gasteiger partial charge is 1.00 e. The molecule has 0 aliphatic heterocycles. The van der Waals surface area contributed by atoms with Crippen LogP contribution in [-0.2, 0) is 35.1 Å². The average molecular weight is 769 g/mol. The van der Waals surface area contributed by atoms with Gasteiger partial charge >= 0.3 is 70.3 Å². The van der Waals surface area contributed by atoms with Crippen LogP contribution >= 0.6 is 0 Å². The second-order valence-electron chi connectivity index (χ2n) is 16.3. The first-order valence-corrected chi connectivity index (χ1v) is 18.7. The van der Waals surface area contributed by atoms with Crippen molar-refractivity contribution < 1.29 is 49.0 Å². The van der Waals surface area contributed by atoms with E-state index in [1.807, 2.05) is 6.07 Å². The fraction of sp³-hybridized carbons (Fsp3) is 0.391. The predicted octanol–water partition coefficient (Wildman–Crippen LogP) is 7.02. The molecule has 0 saturated carbocycles. The molecule has 3 heteroatoms. The van der Waals surface area contributed by atoms with E-state index in [9.17, 15) is 0 Å². The third kappa shape index (κ3) is 9.01. The Hall–Kier alpha value is -2.18. The van der Waals surface area contributed by atoms with Crippen molar-refractivity contribution in [3.8, 4) is 0 Å². The molecular weight excluding hydrogens is 715 g/mol. The van der Waals surface area contributed by atoms with Gasteiger partial charge in [-0.15, -0.1) is 39.7 Å². The Morgan fingerprint density at radius 3 is 1.63 bits per heavy atom. The maximum atomic E-state index is 3.35. The van der Waals surface area contributed by atoms with E-state index in [2.05, 4.69) is 161 Å². The van der Waals surface area contributed by atoms with Crippen LogP contribution in [0.4, 0.5) is 0 Å². The first-order valence-electron chi connectivity index (χ1n) is 17.5. The normalized spacial score (nSPS) is 18.2.